The number of morpholine rings is 1. The molecule has 0 aliphatic carbocycles. The van der Waals surface area contributed by atoms with E-state index in [0.29, 0.717) is 37.9 Å². The van der Waals surface area contributed by atoms with Crippen molar-refractivity contribution >= 4 is 11.9 Å². The molecule has 2 aromatic heterocycles. The lowest BCUT2D eigenvalue weighted by Gasteiger charge is -2.26. The molecule has 25 heavy (non-hydrogen) atoms. The summed E-state index contributed by atoms with van der Waals surface area (Å²) in [5.74, 6) is 0.580. The Morgan fingerprint density at radius 1 is 1.40 bits per heavy atom. The molecule has 1 aliphatic rings. The second-order valence-corrected chi connectivity index (χ2v) is 6.05. The minimum Gasteiger partial charge on any atom is -0.378 e. The van der Waals surface area contributed by atoms with Gasteiger partial charge >= 0.3 is 0 Å². The van der Waals surface area contributed by atoms with E-state index in [0.717, 1.165) is 38.0 Å². The molecule has 0 bridgehead atoms. The Morgan fingerprint density at radius 3 is 3.04 bits per heavy atom. The lowest BCUT2D eigenvalue weighted by Crippen LogP contribution is -2.40. The van der Waals surface area contributed by atoms with Crippen LogP contribution < -0.4 is 5.32 Å². The first-order valence-corrected chi connectivity index (χ1v) is 8.81. The molecule has 3 heterocycles. The number of carbonyl (C=O) groups excluding carboxylic acids is 1. The minimum absolute atomic E-state index is 0.0325. The number of imidazole rings is 1. The SMILES string of the molecule is CCCc1cn(CCCNc2ncc(C(=O)N3CCOCC3)[nH]2)nn1. The van der Waals surface area contributed by atoms with Crippen LogP contribution in [0.4, 0.5) is 5.95 Å². The summed E-state index contributed by atoms with van der Waals surface area (Å²) < 4.78 is 7.13. The lowest BCUT2D eigenvalue weighted by molar-refractivity contribution is 0.0299. The Hall–Kier alpha value is -2.42. The van der Waals surface area contributed by atoms with Gasteiger partial charge in [-0.15, -0.1) is 5.10 Å². The molecule has 1 fully saturated rings. The summed E-state index contributed by atoms with van der Waals surface area (Å²) in [6.45, 7) is 6.09. The fourth-order valence-corrected chi connectivity index (χ4v) is 2.72. The van der Waals surface area contributed by atoms with Gasteiger partial charge in [0.2, 0.25) is 5.95 Å². The van der Waals surface area contributed by atoms with Crippen LogP contribution in [-0.2, 0) is 17.7 Å². The molecular weight excluding hydrogens is 322 g/mol. The van der Waals surface area contributed by atoms with Crippen molar-refractivity contribution in [1.29, 1.82) is 0 Å². The van der Waals surface area contributed by atoms with Crippen LogP contribution in [0.15, 0.2) is 12.4 Å². The Morgan fingerprint density at radius 2 is 2.24 bits per heavy atom. The maximum Gasteiger partial charge on any atom is 0.272 e. The smallest absolute Gasteiger partial charge is 0.272 e. The molecule has 0 unspecified atom stereocenters. The molecule has 0 aromatic carbocycles. The number of H-pyrrole nitrogens is 1. The Kier molecular flexibility index (Phi) is 5.99. The van der Waals surface area contributed by atoms with Crippen LogP contribution in [0.25, 0.3) is 0 Å². The molecule has 3 rings (SSSR count). The molecule has 0 saturated carbocycles. The van der Waals surface area contributed by atoms with Crippen LogP contribution in [0.2, 0.25) is 0 Å². The van der Waals surface area contributed by atoms with E-state index in [9.17, 15) is 4.79 Å². The number of anilines is 1. The van der Waals surface area contributed by atoms with Gasteiger partial charge in [0.15, 0.2) is 0 Å². The molecule has 1 saturated heterocycles. The van der Waals surface area contributed by atoms with Crippen molar-refractivity contribution < 1.29 is 9.53 Å². The lowest BCUT2D eigenvalue weighted by atomic mass is 10.3. The van der Waals surface area contributed by atoms with Crippen molar-refractivity contribution in [3.05, 3.63) is 23.8 Å². The number of nitrogens with zero attached hydrogens (tertiary/aromatic N) is 5. The summed E-state index contributed by atoms with van der Waals surface area (Å²) in [4.78, 5) is 21.4. The Bertz CT molecular complexity index is 676. The molecule has 2 N–H and O–H groups in total. The van der Waals surface area contributed by atoms with Crippen molar-refractivity contribution in [2.24, 2.45) is 0 Å². The Balaban J connectivity index is 1.41. The number of nitrogens with one attached hydrogen (secondary N) is 2. The van der Waals surface area contributed by atoms with Crippen LogP contribution in [0.1, 0.15) is 35.9 Å². The maximum atomic E-state index is 12.3. The summed E-state index contributed by atoms with van der Waals surface area (Å²) in [7, 11) is 0. The predicted molar refractivity (Wildman–Crippen MR) is 92.4 cm³/mol. The number of rotatable bonds is 8. The monoisotopic (exact) mass is 347 g/mol. The maximum absolute atomic E-state index is 12.3. The van der Waals surface area contributed by atoms with E-state index in [-0.39, 0.29) is 5.91 Å². The highest BCUT2D eigenvalue weighted by Crippen LogP contribution is 2.08. The average Bonchev–Trinajstić information content (AvgIpc) is 3.29. The quantitative estimate of drug-likeness (QED) is 0.689. The van der Waals surface area contributed by atoms with Crippen LogP contribution >= 0.6 is 0 Å². The van der Waals surface area contributed by atoms with Crippen LogP contribution in [0.3, 0.4) is 0 Å². The molecule has 9 heteroatoms. The van der Waals surface area contributed by atoms with Gasteiger partial charge in [-0.25, -0.2) is 4.98 Å². The number of aromatic nitrogens is 5. The van der Waals surface area contributed by atoms with Crippen molar-refractivity contribution in [3.8, 4) is 0 Å². The van der Waals surface area contributed by atoms with E-state index in [1.165, 1.54) is 0 Å². The largest absolute Gasteiger partial charge is 0.378 e. The van der Waals surface area contributed by atoms with Gasteiger partial charge in [-0.2, -0.15) is 0 Å². The second kappa shape index (κ2) is 8.61. The van der Waals surface area contributed by atoms with E-state index in [1.807, 2.05) is 10.9 Å². The summed E-state index contributed by atoms with van der Waals surface area (Å²) in [5, 5.41) is 11.4. The zero-order valence-electron chi connectivity index (χ0n) is 14.6. The molecule has 1 amide bonds. The van der Waals surface area contributed by atoms with Gasteiger partial charge in [0.25, 0.3) is 5.91 Å². The number of hydrogen-bond acceptors (Lipinski definition) is 6. The van der Waals surface area contributed by atoms with Crippen molar-refractivity contribution in [2.75, 3.05) is 38.2 Å². The summed E-state index contributed by atoms with van der Waals surface area (Å²) in [5.41, 5.74) is 1.54. The van der Waals surface area contributed by atoms with E-state index in [2.05, 4.69) is 32.5 Å². The van der Waals surface area contributed by atoms with E-state index in [4.69, 9.17) is 4.74 Å². The first-order valence-electron chi connectivity index (χ1n) is 8.81. The summed E-state index contributed by atoms with van der Waals surface area (Å²) in [6, 6.07) is 0. The van der Waals surface area contributed by atoms with Gasteiger partial charge in [0.05, 0.1) is 25.1 Å². The van der Waals surface area contributed by atoms with Gasteiger partial charge in [-0.05, 0) is 12.8 Å². The fraction of sp³-hybridized carbons (Fsp3) is 0.625. The first kappa shape index (κ1) is 17.4. The molecule has 1 aliphatic heterocycles. The zero-order chi connectivity index (χ0) is 17.5. The van der Waals surface area contributed by atoms with Crippen LogP contribution in [-0.4, -0.2) is 68.6 Å². The standard InChI is InChI=1S/C16H25N7O2/c1-2-4-13-12-23(21-20-13)6-3-5-17-16-18-11-14(19-16)15(24)22-7-9-25-10-8-22/h11-12H,2-10H2,1H3,(H2,17,18,19). The number of carbonyl (C=O) groups is 1. The van der Waals surface area contributed by atoms with Gasteiger partial charge < -0.3 is 19.9 Å². The molecule has 0 radical (unpaired) electrons. The average molecular weight is 347 g/mol. The third-order valence-electron chi connectivity index (χ3n) is 4.05. The van der Waals surface area contributed by atoms with Gasteiger partial charge in [-0.1, -0.05) is 18.6 Å². The van der Waals surface area contributed by atoms with Crippen LogP contribution in [0.5, 0.6) is 0 Å². The predicted octanol–water partition coefficient (Wildman–Crippen LogP) is 0.928. The molecule has 2 aromatic rings. The number of aryl methyl sites for hydroxylation is 2. The highest BCUT2D eigenvalue weighted by molar-refractivity contribution is 5.92. The summed E-state index contributed by atoms with van der Waals surface area (Å²) >= 11 is 0. The Labute approximate surface area is 146 Å². The van der Waals surface area contributed by atoms with Gasteiger partial charge in [0.1, 0.15) is 5.69 Å². The normalized spacial score (nSPS) is 14.7. The second-order valence-electron chi connectivity index (χ2n) is 6.05. The molecule has 136 valence electrons. The zero-order valence-corrected chi connectivity index (χ0v) is 14.6. The number of hydrogen-bond donors (Lipinski definition) is 2. The highest BCUT2D eigenvalue weighted by atomic mass is 16.5. The highest BCUT2D eigenvalue weighted by Gasteiger charge is 2.20. The minimum atomic E-state index is -0.0325. The third kappa shape index (κ3) is 4.79. The van der Waals surface area contributed by atoms with Crippen molar-refractivity contribution in [2.45, 2.75) is 32.7 Å². The number of aromatic amines is 1. The summed E-state index contributed by atoms with van der Waals surface area (Å²) in [6.07, 6.45) is 6.50. The van der Waals surface area contributed by atoms with Crippen molar-refractivity contribution in [1.82, 2.24) is 29.9 Å². The molecule has 9 nitrogen and oxygen atoms in total. The van der Waals surface area contributed by atoms with Gasteiger partial charge in [-0.3, -0.25) is 9.48 Å². The van der Waals surface area contributed by atoms with Crippen LogP contribution in [0, 0.1) is 0 Å². The molecule has 0 spiro atoms. The molecule has 0 atom stereocenters. The molecular formula is C16H25N7O2. The van der Waals surface area contributed by atoms with Crippen molar-refractivity contribution in [3.63, 3.8) is 0 Å². The number of amides is 1. The van der Waals surface area contributed by atoms with E-state index in [1.54, 1.807) is 11.1 Å². The fourth-order valence-electron chi connectivity index (χ4n) is 2.72. The van der Waals surface area contributed by atoms with Gasteiger partial charge in [0, 0.05) is 32.4 Å². The van der Waals surface area contributed by atoms with E-state index >= 15 is 0 Å². The van der Waals surface area contributed by atoms with E-state index < -0.39 is 0 Å². The third-order valence-corrected chi connectivity index (χ3v) is 4.05. The topological polar surface area (TPSA) is 101 Å². The first-order chi connectivity index (χ1) is 12.3. The number of ether oxygens (including phenoxy) is 1.